The zero-order valence-electron chi connectivity index (χ0n) is 20.2. The van der Waals surface area contributed by atoms with E-state index >= 15 is 0 Å². The van der Waals surface area contributed by atoms with Crippen LogP contribution in [-0.4, -0.2) is 24.2 Å². The van der Waals surface area contributed by atoms with E-state index in [0.29, 0.717) is 25.7 Å². The molecule has 37 heavy (non-hydrogen) atoms. The number of hydrogen-bond donors (Lipinski definition) is 2. The maximum Gasteiger partial charge on any atom is 0.200 e. The highest BCUT2D eigenvalue weighted by Crippen LogP contribution is 2.36. The van der Waals surface area contributed by atoms with Crippen LogP contribution in [0.5, 0.6) is 5.75 Å². The summed E-state index contributed by atoms with van der Waals surface area (Å²) < 4.78 is 5.95. The minimum atomic E-state index is -0.155. The number of hydrogen-bond acceptors (Lipinski definition) is 7. The maximum atomic E-state index is 6.03. The molecule has 4 aromatic rings. The summed E-state index contributed by atoms with van der Waals surface area (Å²) in [5, 5.41) is 8.55. The predicted molar refractivity (Wildman–Crippen MR) is 146 cm³/mol. The summed E-state index contributed by atoms with van der Waals surface area (Å²) in [5.74, 6) is 1.49. The Balaban J connectivity index is 1.24. The van der Waals surface area contributed by atoms with E-state index in [1.807, 2.05) is 65.9 Å². The minimum absolute atomic E-state index is 0.155. The first kappa shape index (κ1) is 22.8. The molecule has 1 atom stereocenters. The highest BCUT2D eigenvalue weighted by atomic mass is 16.7. The summed E-state index contributed by atoms with van der Waals surface area (Å²) in [6.07, 6.45) is 7.55. The molecule has 1 unspecified atom stereocenters. The Morgan fingerprint density at radius 1 is 0.892 bits per heavy atom. The van der Waals surface area contributed by atoms with Crippen LogP contribution < -0.4 is 20.4 Å². The van der Waals surface area contributed by atoms with Crippen LogP contribution >= 0.6 is 0 Å². The number of anilines is 2. The fraction of sp³-hybridized carbons (Fsp3) is 0.133. The van der Waals surface area contributed by atoms with Crippen molar-refractivity contribution >= 4 is 17.3 Å². The molecule has 0 aliphatic carbocycles. The largest absolute Gasteiger partial charge is 0.489 e. The van der Waals surface area contributed by atoms with Crippen molar-refractivity contribution in [2.45, 2.75) is 12.6 Å². The van der Waals surface area contributed by atoms with E-state index < -0.39 is 0 Å². The molecule has 7 heteroatoms. The second-order valence-corrected chi connectivity index (χ2v) is 8.80. The summed E-state index contributed by atoms with van der Waals surface area (Å²) in [5.41, 5.74) is 6.33. The van der Waals surface area contributed by atoms with Gasteiger partial charge < -0.3 is 15.4 Å². The van der Waals surface area contributed by atoms with Gasteiger partial charge in [0.1, 0.15) is 24.7 Å². The number of nitrogens with zero attached hydrogens (tertiary/aromatic N) is 3. The van der Waals surface area contributed by atoms with E-state index in [4.69, 9.17) is 14.6 Å². The first-order valence-corrected chi connectivity index (χ1v) is 12.3. The average molecular weight is 490 g/mol. The fourth-order valence-electron chi connectivity index (χ4n) is 4.42. The number of fused-ring (bicyclic) bond motifs is 1. The third kappa shape index (κ3) is 5.32. The van der Waals surface area contributed by atoms with Gasteiger partial charge in [-0.2, -0.15) is 0 Å². The van der Waals surface area contributed by atoms with Crippen LogP contribution in [-0.2, 0) is 11.4 Å². The summed E-state index contributed by atoms with van der Waals surface area (Å²) >= 11 is 0. The molecular formula is C30H27N5O2. The molecule has 3 aromatic carbocycles. The van der Waals surface area contributed by atoms with E-state index in [1.54, 1.807) is 12.4 Å². The molecule has 6 rings (SSSR count). The zero-order chi connectivity index (χ0) is 24.9. The molecule has 184 valence electrons. The maximum absolute atomic E-state index is 6.03. The third-order valence-corrected chi connectivity index (χ3v) is 6.26. The lowest BCUT2D eigenvalue weighted by molar-refractivity contribution is 0.0908. The van der Waals surface area contributed by atoms with Gasteiger partial charge in [-0.15, -0.1) is 0 Å². The van der Waals surface area contributed by atoms with Crippen molar-refractivity contribution in [1.82, 2.24) is 10.3 Å². The van der Waals surface area contributed by atoms with Crippen molar-refractivity contribution in [2.24, 2.45) is 4.99 Å². The highest BCUT2D eigenvalue weighted by Gasteiger charge is 2.21. The highest BCUT2D eigenvalue weighted by molar-refractivity contribution is 5.95. The van der Waals surface area contributed by atoms with Crippen LogP contribution in [0, 0.1) is 0 Å². The Hall–Kier alpha value is -4.62. The lowest BCUT2D eigenvalue weighted by Crippen LogP contribution is -2.29. The van der Waals surface area contributed by atoms with Crippen molar-refractivity contribution in [3.8, 4) is 16.9 Å². The van der Waals surface area contributed by atoms with Gasteiger partial charge in [0.25, 0.3) is 0 Å². The van der Waals surface area contributed by atoms with Crippen molar-refractivity contribution in [3.05, 3.63) is 121 Å². The van der Waals surface area contributed by atoms with Crippen LogP contribution in [0.2, 0.25) is 0 Å². The SMILES string of the molecule is C1=CC(c2ccc3c(c2)N(Cc2ccncc2)OCCO3)N=C(Nc2cccc(-c3ccccc3)c2)N1. The van der Waals surface area contributed by atoms with E-state index in [-0.39, 0.29) is 6.04 Å². The van der Waals surface area contributed by atoms with E-state index in [1.165, 1.54) is 5.56 Å². The molecule has 2 aliphatic rings. The molecule has 3 heterocycles. The Morgan fingerprint density at radius 3 is 2.65 bits per heavy atom. The number of pyridine rings is 1. The summed E-state index contributed by atoms with van der Waals surface area (Å²) in [4.78, 5) is 15.1. The van der Waals surface area contributed by atoms with Crippen molar-refractivity contribution in [3.63, 3.8) is 0 Å². The molecule has 2 N–H and O–H groups in total. The van der Waals surface area contributed by atoms with Gasteiger partial charge in [-0.1, -0.05) is 48.5 Å². The fourth-order valence-corrected chi connectivity index (χ4v) is 4.42. The van der Waals surface area contributed by atoms with Gasteiger partial charge in [0.05, 0.1) is 12.6 Å². The van der Waals surface area contributed by atoms with Crippen LogP contribution in [0.1, 0.15) is 17.2 Å². The number of benzene rings is 3. The zero-order valence-corrected chi connectivity index (χ0v) is 20.2. The van der Waals surface area contributed by atoms with Crippen molar-refractivity contribution in [2.75, 3.05) is 23.6 Å². The van der Waals surface area contributed by atoms with Gasteiger partial charge in [0, 0.05) is 24.3 Å². The summed E-state index contributed by atoms with van der Waals surface area (Å²) in [7, 11) is 0. The molecule has 0 spiro atoms. The second-order valence-electron chi connectivity index (χ2n) is 8.80. The smallest absolute Gasteiger partial charge is 0.200 e. The normalized spacial score (nSPS) is 16.6. The number of aromatic nitrogens is 1. The van der Waals surface area contributed by atoms with Crippen LogP contribution in [0.15, 0.2) is 115 Å². The second kappa shape index (κ2) is 10.6. The van der Waals surface area contributed by atoms with E-state index in [9.17, 15) is 0 Å². The van der Waals surface area contributed by atoms with Gasteiger partial charge in [0.2, 0.25) is 5.96 Å². The molecule has 0 bridgehead atoms. The first-order chi connectivity index (χ1) is 18.3. The number of nitrogens with one attached hydrogen (secondary N) is 2. The molecule has 7 nitrogen and oxygen atoms in total. The lowest BCUT2D eigenvalue weighted by atomic mass is 10.0. The monoisotopic (exact) mass is 489 g/mol. The van der Waals surface area contributed by atoms with Crippen molar-refractivity contribution in [1.29, 1.82) is 0 Å². The van der Waals surface area contributed by atoms with Crippen LogP contribution in [0.25, 0.3) is 11.1 Å². The number of aliphatic imine (C=N–C) groups is 1. The Morgan fingerprint density at radius 2 is 1.76 bits per heavy atom. The topological polar surface area (TPSA) is 71.0 Å². The Kier molecular flexibility index (Phi) is 6.51. The first-order valence-electron chi connectivity index (χ1n) is 12.3. The summed E-state index contributed by atoms with van der Waals surface area (Å²) in [6, 6.07) is 28.6. The third-order valence-electron chi connectivity index (χ3n) is 6.26. The lowest BCUT2D eigenvalue weighted by Gasteiger charge is -2.24. The molecule has 0 saturated heterocycles. The number of hydroxylamine groups is 1. The Labute approximate surface area is 216 Å². The van der Waals surface area contributed by atoms with E-state index in [2.05, 4.69) is 52.0 Å². The van der Waals surface area contributed by atoms with Gasteiger partial charge in [0.15, 0.2) is 0 Å². The molecule has 0 amide bonds. The molecular weight excluding hydrogens is 462 g/mol. The minimum Gasteiger partial charge on any atom is -0.489 e. The van der Waals surface area contributed by atoms with Crippen LogP contribution in [0.3, 0.4) is 0 Å². The van der Waals surface area contributed by atoms with Gasteiger partial charge >= 0.3 is 0 Å². The average Bonchev–Trinajstić information content (AvgIpc) is 3.16. The predicted octanol–water partition coefficient (Wildman–Crippen LogP) is 5.71. The van der Waals surface area contributed by atoms with Crippen molar-refractivity contribution < 1.29 is 9.57 Å². The number of rotatable bonds is 5. The molecule has 2 aliphatic heterocycles. The van der Waals surface area contributed by atoms with Crippen LogP contribution in [0.4, 0.5) is 11.4 Å². The summed E-state index contributed by atoms with van der Waals surface area (Å²) in [6.45, 7) is 1.58. The van der Waals surface area contributed by atoms with E-state index in [0.717, 1.165) is 33.8 Å². The van der Waals surface area contributed by atoms with Gasteiger partial charge in [-0.25, -0.2) is 10.1 Å². The standard InChI is InChI=1S/C30H27N5O2/c1-2-5-23(6-3-1)24-7-4-8-26(19-24)33-30-32-16-13-27(34-30)25-9-10-29-28(20-25)35(37-18-17-36-29)21-22-11-14-31-15-12-22/h1-16,19-20,27H,17-18,21H2,(H2,32,33,34). The quantitative estimate of drug-likeness (QED) is 0.375. The number of guanidine groups is 1. The van der Waals surface area contributed by atoms with Gasteiger partial charge in [-0.3, -0.25) is 9.82 Å². The van der Waals surface area contributed by atoms with Gasteiger partial charge in [-0.05, 0) is 64.7 Å². The molecule has 1 aromatic heterocycles. The molecule has 0 saturated carbocycles. The Bertz CT molecular complexity index is 1420. The molecule has 0 radical (unpaired) electrons. The number of ether oxygens (including phenoxy) is 1. The molecule has 0 fully saturated rings.